The van der Waals surface area contributed by atoms with Gasteiger partial charge in [-0.3, -0.25) is 14.6 Å². The topological polar surface area (TPSA) is 98.4 Å². The molecule has 2 N–H and O–H groups in total. The van der Waals surface area contributed by atoms with E-state index in [1.807, 2.05) is 42.2 Å². The van der Waals surface area contributed by atoms with Gasteiger partial charge in [0.05, 0.1) is 30.7 Å². The number of ketones is 1. The summed E-state index contributed by atoms with van der Waals surface area (Å²) in [6, 6.07) is 11.5. The molecule has 0 saturated heterocycles. The molecule has 7 nitrogen and oxygen atoms in total. The summed E-state index contributed by atoms with van der Waals surface area (Å²) < 4.78 is 5.20. The van der Waals surface area contributed by atoms with Gasteiger partial charge in [0.15, 0.2) is 5.78 Å². The second-order valence-corrected chi connectivity index (χ2v) is 9.16. The number of halogens is 1. The Morgan fingerprint density at radius 2 is 2.06 bits per heavy atom. The monoisotopic (exact) mass is 476 g/mol. The van der Waals surface area contributed by atoms with Crippen molar-refractivity contribution < 1.29 is 14.3 Å². The van der Waals surface area contributed by atoms with E-state index in [-0.39, 0.29) is 10.9 Å². The first-order chi connectivity index (χ1) is 16.4. The lowest BCUT2D eigenvalue weighted by molar-refractivity contribution is -0.147. The zero-order valence-corrected chi connectivity index (χ0v) is 19.7. The molecule has 1 aliphatic heterocycles. The number of hydrogen-bond acceptors (Lipinski definition) is 7. The molecule has 3 unspecified atom stereocenters. The summed E-state index contributed by atoms with van der Waals surface area (Å²) in [6.45, 7) is 2.00. The van der Waals surface area contributed by atoms with Crippen molar-refractivity contribution in [2.45, 2.75) is 38.3 Å². The van der Waals surface area contributed by atoms with Gasteiger partial charge in [-0.05, 0) is 55.7 Å². The van der Waals surface area contributed by atoms with E-state index in [0.29, 0.717) is 30.4 Å². The lowest BCUT2D eigenvalue weighted by Gasteiger charge is -2.47. The number of anilines is 1. The highest BCUT2D eigenvalue weighted by Crippen LogP contribution is 2.49. The summed E-state index contributed by atoms with van der Waals surface area (Å²) in [5.41, 5.74) is 11.3. The Bertz CT molecular complexity index is 1320. The first kappa shape index (κ1) is 22.5. The van der Waals surface area contributed by atoms with Crippen LogP contribution in [0.25, 0.3) is 10.9 Å². The molecule has 2 aliphatic rings. The Morgan fingerprint density at radius 3 is 2.79 bits per heavy atom. The van der Waals surface area contributed by atoms with Gasteiger partial charge in [-0.25, -0.2) is 4.98 Å². The molecule has 34 heavy (non-hydrogen) atoms. The molecule has 3 atom stereocenters. The fourth-order valence-corrected chi connectivity index (χ4v) is 5.52. The van der Waals surface area contributed by atoms with E-state index in [9.17, 15) is 9.59 Å². The number of nitrogens with zero attached hydrogens (tertiary/aromatic N) is 3. The maximum Gasteiger partial charge on any atom is 0.313 e. The largest absolute Gasteiger partial charge is 0.469 e. The number of pyridine rings is 2. The standard InChI is InChI=1S/C26H25ClN4O3/c1-14-8-9-18-15(11-14)12-17(24(27)30-18)21-22-19(6-3-7-20(22)32)31(16-5-4-10-29-13-16)25(28)23(21)26(33)34-2/h4-5,8-13,21,23,25H,3,6-7,28H2,1-2H3. The maximum atomic E-state index is 13.4. The lowest BCUT2D eigenvalue weighted by atomic mass is 9.70. The van der Waals surface area contributed by atoms with E-state index in [0.717, 1.165) is 27.9 Å². The molecule has 0 amide bonds. The normalized spacial score (nSPS) is 22.6. The van der Waals surface area contributed by atoms with Crippen molar-refractivity contribution in [2.75, 3.05) is 12.0 Å². The highest BCUT2D eigenvalue weighted by Gasteiger charge is 2.50. The number of Topliss-reactive ketones (excluding diaryl/α,β-unsaturated/α-hetero) is 1. The van der Waals surface area contributed by atoms with Crippen LogP contribution in [0.1, 0.15) is 36.3 Å². The number of carbonyl (C=O) groups excluding carboxylic acids is 2. The smallest absolute Gasteiger partial charge is 0.313 e. The fourth-order valence-electron chi connectivity index (χ4n) is 5.26. The van der Waals surface area contributed by atoms with Crippen LogP contribution in [0.3, 0.4) is 0 Å². The summed E-state index contributed by atoms with van der Waals surface area (Å²) in [5.74, 6) is -2.05. The first-order valence-electron chi connectivity index (χ1n) is 11.3. The predicted molar refractivity (Wildman–Crippen MR) is 130 cm³/mol. The number of allylic oxidation sites excluding steroid dienone is 2. The van der Waals surface area contributed by atoms with Gasteiger partial charge in [0, 0.05) is 35.2 Å². The van der Waals surface area contributed by atoms with Crippen LogP contribution in [0.2, 0.25) is 5.15 Å². The molecule has 0 radical (unpaired) electrons. The fraction of sp³-hybridized carbons (Fsp3) is 0.308. The number of fused-ring (bicyclic) bond motifs is 1. The predicted octanol–water partition coefficient (Wildman–Crippen LogP) is 4.28. The van der Waals surface area contributed by atoms with Crippen molar-refractivity contribution in [3.05, 3.63) is 76.3 Å². The van der Waals surface area contributed by atoms with Gasteiger partial charge in [0.1, 0.15) is 11.1 Å². The summed E-state index contributed by atoms with van der Waals surface area (Å²) in [5, 5.41) is 1.14. The van der Waals surface area contributed by atoms with Crippen LogP contribution in [0.15, 0.2) is 60.1 Å². The number of hydrogen-bond donors (Lipinski definition) is 1. The van der Waals surface area contributed by atoms with E-state index < -0.39 is 24.0 Å². The van der Waals surface area contributed by atoms with E-state index >= 15 is 0 Å². The van der Waals surface area contributed by atoms with Crippen molar-refractivity contribution in [2.24, 2.45) is 11.7 Å². The first-order valence-corrected chi connectivity index (χ1v) is 11.6. The van der Waals surface area contributed by atoms with Crippen LogP contribution in [0.5, 0.6) is 0 Å². The van der Waals surface area contributed by atoms with Crippen LogP contribution >= 0.6 is 11.6 Å². The van der Waals surface area contributed by atoms with Gasteiger partial charge in [-0.15, -0.1) is 0 Å². The molecule has 0 saturated carbocycles. The molecule has 174 valence electrons. The number of nitrogens with two attached hydrogens (primary N) is 1. The van der Waals surface area contributed by atoms with Crippen LogP contribution in [-0.2, 0) is 14.3 Å². The number of carbonyl (C=O) groups is 2. The quantitative estimate of drug-likeness (QED) is 0.445. The van der Waals surface area contributed by atoms with Crippen molar-refractivity contribution in [1.29, 1.82) is 0 Å². The minimum absolute atomic E-state index is 0.0126. The number of benzene rings is 1. The zero-order chi connectivity index (χ0) is 24.0. The number of ether oxygens (including phenoxy) is 1. The van der Waals surface area contributed by atoms with Crippen LogP contribution < -0.4 is 10.6 Å². The summed E-state index contributed by atoms with van der Waals surface area (Å²) in [7, 11) is 1.33. The third kappa shape index (κ3) is 3.65. The minimum Gasteiger partial charge on any atom is -0.469 e. The molecular weight excluding hydrogens is 452 g/mol. The van der Waals surface area contributed by atoms with Crippen LogP contribution in [0, 0.1) is 12.8 Å². The van der Waals surface area contributed by atoms with Crippen molar-refractivity contribution in [3.8, 4) is 0 Å². The van der Waals surface area contributed by atoms with Gasteiger partial charge >= 0.3 is 5.97 Å². The van der Waals surface area contributed by atoms with Gasteiger partial charge in [0.25, 0.3) is 0 Å². The molecule has 0 bridgehead atoms. The molecule has 3 heterocycles. The minimum atomic E-state index is -0.868. The SMILES string of the molecule is COC(=O)C1C(c2cc3cc(C)ccc3nc2Cl)C2=C(CCCC2=O)N(c2cccnc2)C1N. The lowest BCUT2D eigenvalue weighted by Crippen LogP contribution is -2.57. The molecule has 3 aromatic rings. The third-order valence-electron chi connectivity index (χ3n) is 6.74. The average molecular weight is 477 g/mol. The van der Waals surface area contributed by atoms with E-state index in [2.05, 4.69) is 9.97 Å². The molecule has 1 aromatic carbocycles. The van der Waals surface area contributed by atoms with Crippen LogP contribution in [-0.4, -0.2) is 35.0 Å². The Balaban J connectivity index is 1.79. The molecule has 0 fully saturated rings. The van der Waals surface area contributed by atoms with E-state index in [4.69, 9.17) is 22.1 Å². The number of aromatic nitrogens is 2. The molecule has 2 aromatic heterocycles. The summed E-state index contributed by atoms with van der Waals surface area (Å²) in [6.07, 6.45) is 4.34. The Hall–Kier alpha value is -3.29. The van der Waals surface area contributed by atoms with Gasteiger partial charge < -0.3 is 15.4 Å². The molecule has 0 spiro atoms. The van der Waals surface area contributed by atoms with Gasteiger partial charge in [-0.2, -0.15) is 0 Å². The number of methoxy groups -OCH3 is 1. The summed E-state index contributed by atoms with van der Waals surface area (Å²) in [4.78, 5) is 37.3. The Kier molecular flexibility index (Phi) is 5.83. The maximum absolute atomic E-state index is 13.4. The zero-order valence-electron chi connectivity index (χ0n) is 19.0. The van der Waals surface area contributed by atoms with Gasteiger partial charge in [-0.1, -0.05) is 23.2 Å². The second kappa shape index (κ2) is 8.81. The number of aryl methyl sites for hydroxylation is 1. The Labute approximate surface area is 202 Å². The molecule has 8 heteroatoms. The molecule has 1 aliphatic carbocycles. The second-order valence-electron chi connectivity index (χ2n) is 8.80. The highest BCUT2D eigenvalue weighted by atomic mass is 35.5. The van der Waals surface area contributed by atoms with Gasteiger partial charge in [0.2, 0.25) is 0 Å². The molecular formula is C26H25ClN4O3. The van der Waals surface area contributed by atoms with Crippen molar-refractivity contribution >= 4 is 39.9 Å². The number of rotatable bonds is 3. The van der Waals surface area contributed by atoms with Crippen molar-refractivity contribution in [3.63, 3.8) is 0 Å². The summed E-state index contributed by atoms with van der Waals surface area (Å²) >= 11 is 6.71. The van der Waals surface area contributed by atoms with Crippen LogP contribution in [0.4, 0.5) is 5.69 Å². The molecule has 5 rings (SSSR count). The Morgan fingerprint density at radius 1 is 1.24 bits per heavy atom. The average Bonchev–Trinajstić information content (AvgIpc) is 2.83. The highest BCUT2D eigenvalue weighted by molar-refractivity contribution is 6.30. The number of esters is 1. The van der Waals surface area contributed by atoms with Crippen molar-refractivity contribution in [1.82, 2.24) is 9.97 Å². The third-order valence-corrected chi connectivity index (χ3v) is 7.04. The van der Waals surface area contributed by atoms with E-state index in [1.165, 1.54) is 7.11 Å². The van der Waals surface area contributed by atoms with E-state index in [1.54, 1.807) is 18.5 Å².